The van der Waals surface area contributed by atoms with Crippen molar-refractivity contribution in [3.8, 4) is 0 Å². The second-order valence-corrected chi connectivity index (χ2v) is 6.45. The number of aromatic carboxylic acids is 1. The van der Waals surface area contributed by atoms with E-state index in [2.05, 4.69) is 4.72 Å². The smallest absolute Gasteiger partial charge is 0.335 e. The third-order valence-corrected chi connectivity index (χ3v) is 4.42. The van der Waals surface area contributed by atoms with Crippen LogP contribution in [0.25, 0.3) is 0 Å². The summed E-state index contributed by atoms with van der Waals surface area (Å²) < 4.78 is 31.6. The van der Waals surface area contributed by atoms with Gasteiger partial charge in [-0.2, -0.15) is 0 Å². The summed E-state index contributed by atoms with van der Waals surface area (Å²) in [5, 5.41) is 9.18. The monoisotopic (exact) mass is 329 g/mol. The van der Waals surface area contributed by atoms with Crippen molar-refractivity contribution in [1.82, 2.24) is 4.72 Å². The zero-order chi connectivity index (χ0) is 15.6. The Hall–Kier alpha value is -1.83. The molecule has 0 saturated heterocycles. The predicted octanol–water partition coefficient (Wildman–Crippen LogP) is 2.42. The Bertz CT molecular complexity index is 782. The average Bonchev–Trinajstić information content (AvgIpc) is 2.82. The topological polar surface area (TPSA) is 96.6 Å². The first-order valence-electron chi connectivity index (χ1n) is 5.87. The molecule has 0 bridgehead atoms. The molecule has 0 aliphatic heterocycles. The minimum atomic E-state index is -3.84. The zero-order valence-corrected chi connectivity index (χ0v) is 12.5. The van der Waals surface area contributed by atoms with Gasteiger partial charge < -0.3 is 9.52 Å². The van der Waals surface area contributed by atoms with Crippen LogP contribution in [0.15, 0.2) is 39.6 Å². The maximum absolute atomic E-state index is 12.1. The van der Waals surface area contributed by atoms with E-state index < -0.39 is 16.0 Å². The summed E-state index contributed by atoms with van der Waals surface area (Å²) in [6, 6.07) is 6.96. The van der Waals surface area contributed by atoms with Crippen LogP contribution < -0.4 is 4.72 Å². The SMILES string of the molecule is Cc1ccc(S(=O)(=O)NCc2ccc(Cl)o2)cc1C(=O)O. The predicted molar refractivity (Wildman–Crippen MR) is 75.9 cm³/mol. The highest BCUT2D eigenvalue weighted by Gasteiger charge is 2.18. The number of sulfonamides is 1. The Balaban J connectivity index is 2.23. The number of hydrogen-bond acceptors (Lipinski definition) is 4. The van der Waals surface area contributed by atoms with Crippen LogP contribution in [-0.4, -0.2) is 19.5 Å². The number of hydrogen-bond donors (Lipinski definition) is 2. The Morgan fingerprint density at radius 2 is 2.05 bits per heavy atom. The Morgan fingerprint density at radius 1 is 1.33 bits per heavy atom. The molecule has 112 valence electrons. The van der Waals surface area contributed by atoms with E-state index in [1.165, 1.54) is 18.2 Å². The van der Waals surface area contributed by atoms with Crippen LogP contribution in [0.1, 0.15) is 21.7 Å². The number of rotatable bonds is 5. The van der Waals surface area contributed by atoms with Crippen LogP contribution in [0.2, 0.25) is 5.22 Å². The van der Waals surface area contributed by atoms with Gasteiger partial charge in [-0.1, -0.05) is 6.07 Å². The maximum atomic E-state index is 12.1. The van der Waals surface area contributed by atoms with Gasteiger partial charge in [0.15, 0.2) is 5.22 Å². The quantitative estimate of drug-likeness (QED) is 0.878. The van der Waals surface area contributed by atoms with Gasteiger partial charge in [-0.05, 0) is 48.4 Å². The lowest BCUT2D eigenvalue weighted by molar-refractivity contribution is 0.0696. The molecule has 0 atom stereocenters. The lowest BCUT2D eigenvalue weighted by Gasteiger charge is -2.07. The molecule has 0 amide bonds. The lowest BCUT2D eigenvalue weighted by Crippen LogP contribution is -2.23. The molecular formula is C13H12ClNO5S. The first-order valence-corrected chi connectivity index (χ1v) is 7.73. The number of carboxylic acids is 1. The van der Waals surface area contributed by atoms with Gasteiger partial charge in [0.25, 0.3) is 0 Å². The first-order chi connectivity index (χ1) is 9.79. The van der Waals surface area contributed by atoms with Crippen molar-refractivity contribution in [3.05, 3.63) is 52.4 Å². The number of nitrogens with one attached hydrogen (secondary N) is 1. The summed E-state index contributed by atoms with van der Waals surface area (Å²) in [5.74, 6) is -0.823. The third kappa shape index (κ3) is 3.63. The molecule has 1 aromatic heterocycles. The summed E-state index contributed by atoms with van der Waals surface area (Å²) in [5.41, 5.74) is 0.429. The van der Waals surface area contributed by atoms with Gasteiger partial charge in [-0.25, -0.2) is 17.9 Å². The largest absolute Gasteiger partial charge is 0.478 e. The van der Waals surface area contributed by atoms with Gasteiger partial charge >= 0.3 is 5.97 Å². The van der Waals surface area contributed by atoms with Crippen molar-refractivity contribution < 1.29 is 22.7 Å². The van der Waals surface area contributed by atoms with Gasteiger partial charge in [0.1, 0.15) is 5.76 Å². The second kappa shape index (κ2) is 5.88. The molecule has 0 aliphatic carbocycles. The van der Waals surface area contributed by atoms with E-state index in [4.69, 9.17) is 21.1 Å². The molecule has 0 aliphatic rings. The van der Waals surface area contributed by atoms with Crippen LogP contribution in [0.3, 0.4) is 0 Å². The molecule has 2 N–H and O–H groups in total. The number of benzene rings is 1. The number of carbonyl (C=O) groups is 1. The van der Waals surface area contributed by atoms with Crippen molar-refractivity contribution >= 4 is 27.6 Å². The first kappa shape index (κ1) is 15.6. The summed E-state index contributed by atoms with van der Waals surface area (Å²) >= 11 is 5.59. The summed E-state index contributed by atoms with van der Waals surface area (Å²) in [7, 11) is -3.84. The van der Waals surface area contributed by atoms with E-state index in [-0.39, 0.29) is 22.2 Å². The van der Waals surface area contributed by atoms with E-state index in [1.54, 1.807) is 13.0 Å². The fourth-order valence-electron chi connectivity index (χ4n) is 1.69. The van der Waals surface area contributed by atoms with Crippen molar-refractivity contribution in [1.29, 1.82) is 0 Å². The molecule has 1 heterocycles. The Kier molecular flexibility index (Phi) is 4.36. The van der Waals surface area contributed by atoms with Crippen LogP contribution >= 0.6 is 11.6 Å². The molecule has 21 heavy (non-hydrogen) atoms. The van der Waals surface area contributed by atoms with Gasteiger partial charge in [0.2, 0.25) is 10.0 Å². The normalized spacial score (nSPS) is 11.5. The number of aryl methyl sites for hydroxylation is 1. The average molecular weight is 330 g/mol. The Labute approximate surface area is 126 Å². The van der Waals surface area contributed by atoms with Gasteiger partial charge in [0.05, 0.1) is 17.0 Å². The maximum Gasteiger partial charge on any atom is 0.335 e. The zero-order valence-electron chi connectivity index (χ0n) is 11.0. The highest BCUT2D eigenvalue weighted by Crippen LogP contribution is 2.17. The summed E-state index contributed by atoms with van der Waals surface area (Å²) in [6.07, 6.45) is 0. The standard InChI is InChI=1S/C13H12ClNO5S/c1-8-2-4-10(6-11(8)13(16)17)21(18,19)15-7-9-3-5-12(14)20-9/h2-6,15H,7H2,1H3,(H,16,17). The highest BCUT2D eigenvalue weighted by atomic mass is 35.5. The van der Waals surface area contributed by atoms with E-state index in [0.717, 1.165) is 6.07 Å². The molecule has 8 heteroatoms. The number of halogens is 1. The molecular weight excluding hydrogens is 318 g/mol. The van der Waals surface area contributed by atoms with E-state index in [9.17, 15) is 13.2 Å². The second-order valence-electron chi connectivity index (χ2n) is 4.31. The molecule has 0 fully saturated rings. The molecule has 0 radical (unpaired) electrons. The molecule has 2 aromatic rings. The lowest BCUT2D eigenvalue weighted by atomic mass is 10.1. The molecule has 0 spiro atoms. The van der Waals surface area contributed by atoms with E-state index in [0.29, 0.717) is 11.3 Å². The van der Waals surface area contributed by atoms with Gasteiger partial charge in [-0.3, -0.25) is 0 Å². The molecule has 6 nitrogen and oxygen atoms in total. The van der Waals surface area contributed by atoms with Crippen LogP contribution in [0.5, 0.6) is 0 Å². The van der Waals surface area contributed by atoms with E-state index in [1.807, 2.05) is 0 Å². The van der Waals surface area contributed by atoms with Crippen molar-refractivity contribution in [2.75, 3.05) is 0 Å². The Morgan fingerprint density at radius 3 is 2.62 bits per heavy atom. The fourth-order valence-corrected chi connectivity index (χ4v) is 2.88. The van der Waals surface area contributed by atoms with Gasteiger partial charge in [-0.15, -0.1) is 0 Å². The summed E-state index contributed by atoms with van der Waals surface area (Å²) in [4.78, 5) is 10.9. The molecule has 2 rings (SSSR count). The molecule has 0 saturated carbocycles. The van der Waals surface area contributed by atoms with Crippen LogP contribution in [0.4, 0.5) is 0 Å². The van der Waals surface area contributed by atoms with E-state index >= 15 is 0 Å². The van der Waals surface area contributed by atoms with Crippen molar-refractivity contribution in [2.45, 2.75) is 18.4 Å². The van der Waals surface area contributed by atoms with Crippen molar-refractivity contribution in [3.63, 3.8) is 0 Å². The number of carboxylic acid groups (broad SMARTS) is 1. The van der Waals surface area contributed by atoms with Crippen LogP contribution in [-0.2, 0) is 16.6 Å². The van der Waals surface area contributed by atoms with Crippen LogP contribution in [0, 0.1) is 6.92 Å². The number of furan rings is 1. The molecule has 0 unspecified atom stereocenters. The third-order valence-electron chi connectivity index (χ3n) is 2.82. The van der Waals surface area contributed by atoms with Gasteiger partial charge in [0, 0.05) is 0 Å². The minimum Gasteiger partial charge on any atom is -0.478 e. The summed E-state index contributed by atoms with van der Waals surface area (Å²) in [6.45, 7) is 1.52. The molecule has 1 aromatic carbocycles. The van der Waals surface area contributed by atoms with Crippen molar-refractivity contribution in [2.24, 2.45) is 0 Å². The minimum absolute atomic E-state index is 0.0566. The highest BCUT2D eigenvalue weighted by molar-refractivity contribution is 7.89. The fraction of sp³-hybridized carbons (Fsp3) is 0.154.